The van der Waals surface area contributed by atoms with Crippen LogP contribution in [0.15, 0.2) is 48.6 Å². The van der Waals surface area contributed by atoms with E-state index in [2.05, 4.69) is 26.2 Å². The third kappa shape index (κ3) is 4.83. The molecule has 0 unspecified atom stereocenters. The van der Waals surface area contributed by atoms with E-state index in [1.807, 2.05) is 12.2 Å². The highest BCUT2D eigenvalue weighted by Gasteiger charge is 1.99. The van der Waals surface area contributed by atoms with Gasteiger partial charge in [0.2, 0.25) is 0 Å². The second kappa shape index (κ2) is 8.52. The number of methoxy groups -OCH3 is 1. The number of rotatable bonds is 7. The Morgan fingerprint density at radius 1 is 1.29 bits per heavy atom. The van der Waals surface area contributed by atoms with Crippen LogP contribution in [-0.4, -0.2) is 13.7 Å². The van der Waals surface area contributed by atoms with Gasteiger partial charge in [-0.1, -0.05) is 50.8 Å². The lowest BCUT2D eigenvalue weighted by Crippen LogP contribution is -1.95. The molecule has 0 spiro atoms. The molecule has 0 amide bonds. The van der Waals surface area contributed by atoms with Crippen molar-refractivity contribution < 1.29 is 4.74 Å². The third-order valence-electron chi connectivity index (χ3n) is 1.91. The van der Waals surface area contributed by atoms with Crippen molar-refractivity contribution in [3.63, 3.8) is 0 Å². The van der Waals surface area contributed by atoms with E-state index in [0.717, 1.165) is 18.4 Å². The molecular weight excluding hydrogens is 172 g/mol. The Balaban J connectivity index is 4.76. The van der Waals surface area contributed by atoms with Gasteiger partial charge in [0.15, 0.2) is 0 Å². The Kier molecular flexibility index (Phi) is 7.86. The highest BCUT2D eigenvalue weighted by atomic mass is 16.5. The van der Waals surface area contributed by atoms with Gasteiger partial charge in [0.25, 0.3) is 0 Å². The molecule has 78 valence electrons. The molecule has 0 saturated carbocycles. The van der Waals surface area contributed by atoms with Crippen LogP contribution in [0.25, 0.3) is 0 Å². The smallest absolute Gasteiger partial charge is 0.0715 e. The van der Waals surface area contributed by atoms with E-state index in [0.29, 0.717) is 6.61 Å². The van der Waals surface area contributed by atoms with Gasteiger partial charge in [-0.25, -0.2) is 0 Å². The predicted molar refractivity (Wildman–Crippen MR) is 63.3 cm³/mol. The van der Waals surface area contributed by atoms with E-state index in [9.17, 15) is 0 Å². The van der Waals surface area contributed by atoms with Gasteiger partial charge in [0.1, 0.15) is 0 Å². The molecule has 0 aliphatic heterocycles. The zero-order valence-electron chi connectivity index (χ0n) is 9.25. The van der Waals surface area contributed by atoms with Crippen LogP contribution < -0.4 is 0 Å². The molecule has 0 saturated heterocycles. The Morgan fingerprint density at radius 3 is 2.43 bits per heavy atom. The summed E-state index contributed by atoms with van der Waals surface area (Å²) in [6.07, 6.45) is 9.84. The van der Waals surface area contributed by atoms with Crippen LogP contribution in [0.2, 0.25) is 0 Å². The van der Waals surface area contributed by atoms with Gasteiger partial charge in [0.05, 0.1) is 6.61 Å². The summed E-state index contributed by atoms with van der Waals surface area (Å²) in [7, 11) is 1.70. The Bertz CT molecular complexity index is 234. The second-order valence-corrected chi connectivity index (χ2v) is 3.03. The minimum Gasteiger partial charge on any atom is -0.380 e. The molecule has 0 radical (unpaired) electrons. The van der Waals surface area contributed by atoms with Crippen LogP contribution in [0, 0.1) is 0 Å². The van der Waals surface area contributed by atoms with Crippen LogP contribution in [0.5, 0.6) is 0 Å². The van der Waals surface area contributed by atoms with Crippen LogP contribution in [0.1, 0.15) is 19.8 Å². The maximum Gasteiger partial charge on any atom is 0.0715 e. The largest absolute Gasteiger partial charge is 0.380 e. The van der Waals surface area contributed by atoms with Gasteiger partial charge in [-0.15, -0.1) is 0 Å². The van der Waals surface area contributed by atoms with Crippen molar-refractivity contribution in [1.82, 2.24) is 0 Å². The number of ether oxygens (including phenoxy) is 1. The summed E-state index contributed by atoms with van der Waals surface area (Å²) < 4.78 is 5.11. The zero-order chi connectivity index (χ0) is 10.8. The van der Waals surface area contributed by atoms with Gasteiger partial charge in [-0.05, 0) is 17.6 Å². The van der Waals surface area contributed by atoms with Gasteiger partial charge in [-0.3, -0.25) is 0 Å². The van der Waals surface area contributed by atoms with Gasteiger partial charge in [0, 0.05) is 7.11 Å². The van der Waals surface area contributed by atoms with E-state index in [1.54, 1.807) is 13.2 Å². The summed E-state index contributed by atoms with van der Waals surface area (Å²) in [6.45, 7) is 10.2. The predicted octanol–water partition coefficient (Wildman–Crippen LogP) is 3.66. The van der Waals surface area contributed by atoms with Crippen LogP contribution in [-0.2, 0) is 4.74 Å². The lowest BCUT2D eigenvalue weighted by Gasteiger charge is -2.07. The molecule has 0 N–H and O–H groups in total. The number of hydrogen-bond acceptors (Lipinski definition) is 1. The number of hydrogen-bond donors (Lipinski definition) is 0. The second-order valence-electron chi connectivity index (χ2n) is 3.03. The summed E-state index contributed by atoms with van der Waals surface area (Å²) in [5, 5.41) is 0. The molecule has 1 nitrogen and oxygen atoms in total. The monoisotopic (exact) mass is 192 g/mol. The molecule has 0 fully saturated rings. The average molecular weight is 192 g/mol. The molecule has 0 atom stereocenters. The summed E-state index contributed by atoms with van der Waals surface area (Å²) >= 11 is 0. The maximum absolute atomic E-state index is 5.11. The molecule has 0 aromatic heterocycles. The molecule has 0 aromatic rings. The quantitative estimate of drug-likeness (QED) is 0.559. The minimum absolute atomic E-state index is 0.625. The fraction of sp³-hybridized carbons (Fsp3) is 0.385. The standard InChI is InChI=1S/C13H20O/c1-5-8-10-13(9-6-2)12(7-3)11-14-4/h5,7-8,10H,1,3,6,9,11H2,2,4H3/b10-8-,13-12+. The fourth-order valence-electron chi connectivity index (χ4n) is 1.24. The molecular formula is C13H20O. The first-order valence-corrected chi connectivity index (χ1v) is 4.92. The molecule has 0 rings (SSSR count). The van der Waals surface area contributed by atoms with E-state index < -0.39 is 0 Å². The lowest BCUT2D eigenvalue weighted by molar-refractivity contribution is 0.227. The molecule has 0 aromatic carbocycles. The first-order chi connectivity index (χ1) is 6.79. The number of allylic oxidation sites excluding steroid dienone is 4. The minimum atomic E-state index is 0.625. The highest BCUT2D eigenvalue weighted by Crippen LogP contribution is 2.14. The lowest BCUT2D eigenvalue weighted by atomic mass is 10.0. The maximum atomic E-state index is 5.11. The third-order valence-corrected chi connectivity index (χ3v) is 1.91. The molecule has 0 aliphatic carbocycles. The first-order valence-electron chi connectivity index (χ1n) is 4.92. The van der Waals surface area contributed by atoms with Crippen molar-refractivity contribution in [2.45, 2.75) is 19.8 Å². The molecule has 0 bridgehead atoms. The summed E-state index contributed by atoms with van der Waals surface area (Å²) in [5.41, 5.74) is 2.44. The van der Waals surface area contributed by atoms with Crippen molar-refractivity contribution in [3.8, 4) is 0 Å². The Labute approximate surface area is 87.5 Å². The van der Waals surface area contributed by atoms with Crippen molar-refractivity contribution in [3.05, 3.63) is 48.6 Å². The SMILES string of the molecule is C=C/C=C\C(CCC)=C(/C=C)COC. The topological polar surface area (TPSA) is 9.23 Å². The fourth-order valence-corrected chi connectivity index (χ4v) is 1.24. The van der Waals surface area contributed by atoms with Crippen LogP contribution in [0.4, 0.5) is 0 Å². The van der Waals surface area contributed by atoms with E-state index in [-0.39, 0.29) is 0 Å². The van der Waals surface area contributed by atoms with Crippen LogP contribution in [0.3, 0.4) is 0 Å². The van der Waals surface area contributed by atoms with Crippen molar-refractivity contribution in [2.24, 2.45) is 0 Å². The first kappa shape index (κ1) is 12.9. The normalized spacial score (nSPS) is 12.7. The van der Waals surface area contributed by atoms with Gasteiger partial charge in [-0.2, -0.15) is 0 Å². The van der Waals surface area contributed by atoms with Gasteiger partial charge < -0.3 is 4.74 Å². The highest BCUT2D eigenvalue weighted by molar-refractivity contribution is 5.33. The van der Waals surface area contributed by atoms with E-state index in [4.69, 9.17) is 4.74 Å². The van der Waals surface area contributed by atoms with Crippen molar-refractivity contribution in [1.29, 1.82) is 0 Å². The van der Waals surface area contributed by atoms with Crippen LogP contribution >= 0.6 is 0 Å². The Morgan fingerprint density at radius 2 is 2.00 bits per heavy atom. The van der Waals surface area contributed by atoms with E-state index in [1.165, 1.54) is 5.57 Å². The van der Waals surface area contributed by atoms with Crippen molar-refractivity contribution in [2.75, 3.05) is 13.7 Å². The van der Waals surface area contributed by atoms with Gasteiger partial charge >= 0.3 is 0 Å². The summed E-state index contributed by atoms with van der Waals surface area (Å²) in [4.78, 5) is 0. The average Bonchev–Trinajstić information content (AvgIpc) is 2.21. The summed E-state index contributed by atoms with van der Waals surface area (Å²) in [6, 6.07) is 0. The van der Waals surface area contributed by atoms with Crippen molar-refractivity contribution >= 4 is 0 Å². The zero-order valence-corrected chi connectivity index (χ0v) is 9.25. The Hall–Kier alpha value is -1.08. The summed E-state index contributed by atoms with van der Waals surface area (Å²) in [5.74, 6) is 0. The molecule has 0 heterocycles. The van der Waals surface area contributed by atoms with E-state index >= 15 is 0 Å². The molecule has 1 heteroatoms. The molecule has 14 heavy (non-hydrogen) atoms. The molecule has 0 aliphatic rings.